The van der Waals surface area contributed by atoms with E-state index in [1.165, 1.54) is 4.68 Å². The van der Waals surface area contributed by atoms with Crippen LogP contribution in [0.25, 0.3) is 39.0 Å². The van der Waals surface area contributed by atoms with Crippen molar-refractivity contribution in [3.63, 3.8) is 0 Å². The molecule has 0 saturated carbocycles. The third kappa shape index (κ3) is 3.67. The Bertz CT molecular complexity index is 1520. The summed E-state index contributed by atoms with van der Waals surface area (Å²) in [7, 11) is 0. The van der Waals surface area contributed by atoms with E-state index in [9.17, 15) is 4.79 Å². The second-order valence-corrected chi connectivity index (χ2v) is 7.86. The minimum absolute atomic E-state index is 0.150. The number of primary amides is 1. The molecule has 2 aromatic carbocycles. The Hall–Kier alpha value is -4.59. The van der Waals surface area contributed by atoms with Gasteiger partial charge in [-0.05, 0) is 43.7 Å². The number of hydrogen-bond acceptors (Lipinski definition) is 6. The Morgan fingerprint density at radius 2 is 1.70 bits per heavy atom. The number of benzene rings is 2. The number of aromatic nitrogens is 5. The van der Waals surface area contributed by atoms with Crippen LogP contribution < -0.4 is 11.5 Å². The smallest absolute Gasteiger partial charge is 0.269 e. The van der Waals surface area contributed by atoms with Crippen LogP contribution in [0.4, 0.5) is 5.82 Å². The maximum absolute atomic E-state index is 11.5. The largest absolute Gasteiger partial charge is 0.382 e. The number of carbonyl (C=O) groups excluding carboxylic acids is 1. The number of aryl methyl sites for hydroxylation is 2. The Balaban J connectivity index is 1.76. The van der Waals surface area contributed by atoms with Gasteiger partial charge in [-0.15, -0.1) is 0 Å². The summed E-state index contributed by atoms with van der Waals surface area (Å²) >= 11 is 0. The lowest BCUT2D eigenvalue weighted by atomic mass is 9.96. The van der Waals surface area contributed by atoms with Crippen molar-refractivity contribution in [2.75, 3.05) is 5.73 Å². The van der Waals surface area contributed by atoms with Gasteiger partial charge in [0.1, 0.15) is 23.5 Å². The van der Waals surface area contributed by atoms with Gasteiger partial charge >= 0.3 is 0 Å². The van der Waals surface area contributed by atoms with Gasteiger partial charge in [-0.1, -0.05) is 35.9 Å². The zero-order valence-electron chi connectivity index (χ0n) is 18.1. The topological polar surface area (TPSA) is 126 Å². The first kappa shape index (κ1) is 20.3. The maximum Gasteiger partial charge on any atom is 0.269 e. The van der Waals surface area contributed by atoms with Gasteiger partial charge < -0.3 is 11.5 Å². The minimum Gasteiger partial charge on any atom is -0.382 e. The number of nitrogens with zero attached hydrogens (tertiary/aromatic N) is 5. The maximum atomic E-state index is 11.5. The van der Waals surface area contributed by atoms with Crippen LogP contribution in [0.1, 0.15) is 21.7 Å². The molecule has 5 aromatic rings. The van der Waals surface area contributed by atoms with Crippen LogP contribution in [0.2, 0.25) is 0 Å². The zero-order chi connectivity index (χ0) is 23.1. The van der Waals surface area contributed by atoms with Crippen LogP contribution in [0.5, 0.6) is 0 Å². The summed E-state index contributed by atoms with van der Waals surface area (Å²) in [4.78, 5) is 25.0. The highest BCUT2D eigenvalue weighted by Crippen LogP contribution is 2.36. The number of amides is 1. The molecule has 0 fully saturated rings. The van der Waals surface area contributed by atoms with Crippen molar-refractivity contribution >= 4 is 22.6 Å². The zero-order valence-corrected chi connectivity index (χ0v) is 18.1. The van der Waals surface area contributed by atoms with Crippen molar-refractivity contribution in [2.45, 2.75) is 13.8 Å². The van der Waals surface area contributed by atoms with Crippen molar-refractivity contribution < 1.29 is 4.79 Å². The molecule has 0 radical (unpaired) electrons. The SMILES string of the molecule is Cc1ccc(-c2nc(N)c(-n3ccc(C(N)=O)n3)cc2-c2ccc3ncnc(C)c3c2)cc1. The molecule has 33 heavy (non-hydrogen) atoms. The van der Waals surface area contributed by atoms with Crippen LogP contribution in [0.15, 0.2) is 67.1 Å². The van der Waals surface area contributed by atoms with E-state index in [0.717, 1.165) is 44.5 Å². The Kier molecular flexibility index (Phi) is 4.82. The van der Waals surface area contributed by atoms with E-state index in [1.54, 1.807) is 18.6 Å². The molecular formula is C25H21N7O. The summed E-state index contributed by atoms with van der Waals surface area (Å²) < 4.78 is 1.51. The van der Waals surface area contributed by atoms with Gasteiger partial charge in [0.2, 0.25) is 0 Å². The third-order valence-electron chi connectivity index (χ3n) is 5.59. The van der Waals surface area contributed by atoms with Crippen LogP contribution >= 0.6 is 0 Å². The van der Waals surface area contributed by atoms with E-state index in [0.29, 0.717) is 5.69 Å². The first-order valence-corrected chi connectivity index (χ1v) is 10.4. The lowest BCUT2D eigenvalue weighted by molar-refractivity contribution is 0.0995. The summed E-state index contributed by atoms with van der Waals surface area (Å²) in [6.07, 6.45) is 3.20. The predicted octanol–water partition coefficient (Wildman–Crippen LogP) is 3.84. The molecule has 0 unspecified atom stereocenters. The fraction of sp³-hybridized carbons (Fsp3) is 0.0800. The quantitative estimate of drug-likeness (QED) is 0.442. The number of pyridine rings is 1. The molecule has 8 heteroatoms. The van der Waals surface area contributed by atoms with E-state index in [1.807, 2.05) is 56.3 Å². The number of nitrogen functional groups attached to an aromatic ring is 1. The summed E-state index contributed by atoms with van der Waals surface area (Å²) in [5.41, 5.74) is 18.8. The molecule has 0 bridgehead atoms. The Labute approximate surface area is 189 Å². The van der Waals surface area contributed by atoms with E-state index >= 15 is 0 Å². The molecule has 3 heterocycles. The fourth-order valence-electron chi connectivity index (χ4n) is 3.79. The lowest BCUT2D eigenvalue weighted by Gasteiger charge is -2.15. The van der Waals surface area contributed by atoms with Crippen LogP contribution in [0, 0.1) is 13.8 Å². The van der Waals surface area contributed by atoms with Gasteiger partial charge in [0.15, 0.2) is 0 Å². The molecule has 8 nitrogen and oxygen atoms in total. The van der Waals surface area contributed by atoms with Gasteiger partial charge in [0.05, 0.1) is 11.2 Å². The fourth-order valence-corrected chi connectivity index (χ4v) is 3.79. The van der Waals surface area contributed by atoms with Gasteiger partial charge in [-0.25, -0.2) is 19.6 Å². The molecule has 0 aliphatic rings. The monoisotopic (exact) mass is 435 g/mol. The normalized spacial score (nSPS) is 11.1. The summed E-state index contributed by atoms with van der Waals surface area (Å²) in [5.74, 6) is -0.324. The van der Waals surface area contributed by atoms with E-state index in [2.05, 4.69) is 21.1 Å². The average molecular weight is 435 g/mol. The van der Waals surface area contributed by atoms with Crippen molar-refractivity contribution in [3.8, 4) is 28.1 Å². The molecule has 0 spiro atoms. The second kappa shape index (κ2) is 7.83. The molecule has 0 aliphatic heterocycles. The van der Waals surface area contributed by atoms with E-state index in [-0.39, 0.29) is 11.5 Å². The molecule has 3 aromatic heterocycles. The molecule has 0 saturated heterocycles. The van der Waals surface area contributed by atoms with Crippen molar-refractivity contribution in [3.05, 3.63) is 84.1 Å². The van der Waals surface area contributed by atoms with Gasteiger partial charge in [-0.3, -0.25) is 4.79 Å². The molecule has 1 amide bonds. The molecule has 5 rings (SSSR count). The minimum atomic E-state index is -0.609. The van der Waals surface area contributed by atoms with Crippen molar-refractivity contribution in [1.82, 2.24) is 24.7 Å². The van der Waals surface area contributed by atoms with Crippen LogP contribution in [-0.4, -0.2) is 30.6 Å². The van der Waals surface area contributed by atoms with Crippen LogP contribution in [0.3, 0.4) is 0 Å². The second-order valence-electron chi connectivity index (χ2n) is 7.86. The number of fused-ring (bicyclic) bond motifs is 1. The molecule has 0 aliphatic carbocycles. The number of hydrogen-bond donors (Lipinski definition) is 2. The number of nitrogens with two attached hydrogens (primary N) is 2. The first-order chi connectivity index (χ1) is 15.9. The highest BCUT2D eigenvalue weighted by molar-refractivity contribution is 5.92. The number of anilines is 1. The summed E-state index contributed by atoms with van der Waals surface area (Å²) in [6, 6.07) is 17.6. The Morgan fingerprint density at radius 3 is 2.42 bits per heavy atom. The lowest BCUT2D eigenvalue weighted by Crippen LogP contribution is -2.13. The van der Waals surface area contributed by atoms with E-state index in [4.69, 9.17) is 16.5 Å². The van der Waals surface area contributed by atoms with Gasteiger partial charge in [0.25, 0.3) is 5.91 Å². The van der Waals surface area contributed by atoms with Crippen molar-refractivity contribution in [2.24, 2.45) is 5.73 Å². The Morgan fingerprint density at radius 1 is 0.939 bits per heavy atom. The highest BCUT2D eigenvalue weighted by Gasteiger charge is 2.17. The molecule has 4 N–H and O–H groups in total. The summed E-state index contributed by atoms with van der Waals surface area (Å²) in [5, 5.41) is 5.21. The number of rotatable bonds is 4. The average Bonchev–Trinajstić information content (AvgIpc) is 3.30. The third-order valence-corrected chi connectivity index (χ3v) is 5.59. The van der Waals surface area contributed by atoms with Crippen molar-refractivity contribution in [1.29, 1.82) is 0 Å². The van der Waals surface area contributed by atoms with E-state index < -0.39 is 5.91 Å². The predicted molar refractivity (Wildman–Crippen MR) is 128 cm³/mol. The first-order valence-electron chi connectivity index (χ1n) is 10.4. The standard InChI is InChI=1S/C25H21N7O/c1-14-3-5-16(6-4-14)23-19(17-7-8-20-18(11-17)15(2)28-13-29-20)12-22(24(26)30-23)32-10-9-21(31-32)25(27)33/h3-13H,1-2H3,(H2,26,30)(H2,27,33). The van der Waals surface area contributed by atoms with Gasteiger partial charge in [-0.2, -0.15) is 5.10 Å². The number of carbonyl (C=O) groups is 1. The van der Waals surface area contributed by atoms with Gasteiger partial charge in [0, 0.05) is 28.4 Å². The molecule has 0 atom stereocenters. The van der Waals surface area contributed by atoms with Crippen LogP contribution in [-0.2, 0) is 0 Å². The molecule has 162 valence electrons. The summed E-state index contributed by atoms with van der Waals surface area (Å²) in [6.45, 7) is 3.99. The highest BCUT2D eigenvalue weighted by atomic mass is 16.1. The molecular weight excluding hydrogens is 414 g/mol.